The molecule has 0 heteroatoms. The van der Waals surface area contributed by atoms with Gasteiger partial charge >= 0.3 is 0 Å². The molecule has 0 aromatic carbocycles. The van der Waals surface area contributed by atoms with E-state index in [1.165, 1.54) is 42.4 Å². The van der Waals surface area contributed by atoms with Crippen molar-refractivity contribution in [3.63, 3.8) is 0 Å². The van der Waals surface area contributed by atoms with Crippen molar-refractivity contribution in [3.8, 4) is 0 Å². The number of hydrogen-bond donors (Lipinski definition) is 0. The molecule has 1 aliphatic rings. The average Bonchev–Trinajstić information content (AvgIpc) is 2.87. The quantitative estimate of drug-likeness (QED) is 0.363. The summed E-state index contributed by atoms with van der Waals surface area (Å²) < 4.78 is 0. The van der Waals surface area contributed by atoms with Crippen LogP contribution in [0.5, 0.6) is 0 Å². The highest BCUT2D eigenvalue weighted by Crippen LogP contribution is 2.31. The molecule has 0 amide bonds. The molecule has 0 heterocycles. The lowest BCUT2D eigenvalue weighted by atomic mass is 10.0. The van der Waals surface area contributed by atoms with E-state index in [4.69, 9.17) is 0 Å². The Balaban J connectivity index is -0.000000245. The molecule has 0 aromatic heterocycles. The van der Waals surface area contributed by atoms with E-state index in [-0.39, 0.29) is 0 Å². The Labute approximate surface area is 142 Å². The summed E-state index contributed by atoms with van der Waals surface area (Å²) in [5.41, 5.74) is 3.65. The van der Waals surface area contributed by atoms with Gasteiger partial charge in [0, 0.05) is 0 Å². The molecule has 2 unspecified atom stereocenters. The van der Waals surface area contributed by atoms with Crippen LogP contribution in [0.15, 0.2) is 36.0 Å². The summed E-state index contributed by atoms with van der Waals surface area (Å²) in [5, 5.41) is 0. The number of rotatable bonds is 3. The van der Waals surface area contributed by atoms with Gasteiger partial charge in [0.15, 0.2) is 0 Å². The van der Waals surface area contributed by atoms with Crippen LogP contribution in [0.2, 0.25) is 0 Å². The van der Waals surface area contributed by atoms with Crippen molar-refractivity contribution in [1.29, 1.82) is 0 Å². The van der Waals surface area contributed by atoms with Gasteiger partial charge in [-0.1, -0.05) is 83.3 Å². The standard InChI is InChI=1S/C8H16.C8H14.C4H8.C2H6/c1-3-8-5-4-7(2)6-8;1-5-6-8(4)7(2)3;1-4(2)3;1-2/h7-8H,3-6H2,1-2H3;6H,2,5H2,1,3-4H3;1H2,2-3H3;1-2H3/b;8-6-;;. The van der Waals surface area contributed by atoms with E-state index in [0.717, 1.165) is 18.3 Å². The minimum Gasteiger partial charge on any atom is -0.100 e. The molecule has 0 radical (unpaired) electrons. The maximum atomic E-state index is 3.81. The third-order valence-corrected chi connectivity index (χ3v) is 3.56. The fourth-order valence-electron chi connectivity index (χ4n) is 2.18. The van der Waals surface area contributed by atoms with Gasteiger partial charge in [-0.05, 0) is 52.4 Å². The van der Waals surface area contributed by atoms with E-state index in [1.807, 2.05) is 34.6 Å². The van der Waals surface area contributed by atoms with Crippen molar-refractivity contribution in [2.24, 2.45) is 11.8 Å². The predicted octanol–water partition coefficient (Wildman–Crippen LogP) is 8.36. The molecule has 0 N–H and O–H groups in total. The second kappa shape index (κ2) is 18.3. The lowest BCUT2D eigenvalue weighted by Crippen LogP contribution is -1.89. The highest BCUT2D eigenvalue weighted by atomic mass is 14.2. The highest BCUT2D eigenvalue weighted by molar-refractivity contribution is 5.23. The van der Waals surface area contributed by atoms with Crippen LogP contribution in [0.4, 0.5) is 0 Å². The third kappa shape index (κ3) is 21.5. The average molecular weight is 309 g/mol. The molecule has 0 aliphatic heterocycles. The zero-order valence-electron chi connectivity index (χ0n) is 17.2. The van der Waals surface area contributed by atoms with Gasteiger partial charge in [0.1, 0.15) is 0 Å². The van der Waals surface area contributed by atoms with Gasteiger partial charge in [0.2, 0.25) is 0 Å². The molecular weight excluding hydrogens is 264 g/mol. The predicted molar refractivity (Wildman–Crippen MR) is 107 cm³/mol. The van der Waals surface area contributed by atoms with Gasteiger partial charge in [0.25, 0.3) is 0 Å². The van der Waals surface area contributed by atoms with Gasteiger partial charge in [-0.15, -0.1) is 6.58 Å². The number of hydrogen-bond acceptors (Lipinski definition) is 0. The molecule has 1 fully saturated rings. The summed E-state index contributed by atoms with van der Waals surface area (Å²) in [4.78, 5) is 0. The zero-order chi connectivity index (χ0) is 18.1. The van der Waals surface area contributed by atoms with E-state index >= 15 is 0 Å². The van der Waals surface area contributed by atoms with E-state index in [1.54, 1.807) is 0 Å². The van der Waals surface area contributed by atoms with Crippen molar-refractivity contribution in [1.82, 2.24) is 0 Å². The first-order chi connectivity index (χ1) is 10.2. The normalized spacial score (nSPS) is 19.6. The van der Waals surface area contributed by atoms with Crippen molar-refractivity contribution in [2.75, 3.05) is 0 Å². The molecule has 2 atom stereocenters. The van der Waals surface area contributed by atoms with Crippen LogP contribution < -0.4 is 0 Å². The molecule has 0 saturated heterocycles. The van der Waals surface area contributed by atoms with Crippen LogP contribution in [-0.4, -0.2) is 0 Å². The second-order valence-electron chi connectivity index (χ2n) is 6.48. The Morgan fingerprint density at radius 1 is 1.00 bits per heavy atom. The Morgan fingerprint density at radius 3 is 1.59 bits per heavy atom. The maximum Gasteiger partial charge on any atom is -0.0374 e. The largest absolute Gasteiger partial charge is 0.100 e. The monoisotopic (exact) mass is 308 g/mol. The van der Waals surface area contributed by atoms with Gasteiger partial charge in [-0.2, -0.15) is 0 Å². The van der Waals surface area contributed by atoms with Crippen molar-refractivity contribution in [3.05, 3.63) is 36.0 Å². The fourth-order valence-corrected chi connectivity index (χ4v) is 2.18. The molecule has 132 valence electrons. The highest BCUT2D eigenvalue weighted by Gasteiger charge is 2.18. The first kappa shape index (κ1) is 26.1. The van der Waals surface area contributed by atoms with Crippen LogP contribution in [0, 0.1) is 11.8 Å². The van der Waals surface area contributed by atoms with Crippen LogP contribution in [0.3, 0.4) is 0 Å². The number of allylic oxidation sites excluding steroid dienone is 4. The summed E-state index contributed by atoms with van der Waals surface area (Å²) in [7, 11) is 0. The smallest absolute Gasteiger partial charge is 0.0374 e. The van der Waals surface area contributed by atoms with E-state index in [9.17, 15) is 0 Å². The van der Waals surface area contributed by atoms with Crippen molar-refractivity contribution in [2.45, 2.75) is 94.4 Å². The van der Waals surface area contributed by atoms with Gasteiger partial charge in [-0.25, -0.2) is 0 Å². The van der Waals surface area contributed by atoms with Gasteiger partial charge in [-0.3, -0.25) is 0 Å². The molecule has 1 saturated carbocycles. The van der Waals surface area contributed by atoms with Gasteiger partial charge in [0.05, 0.1) is 0 Å². The summed E-state index contributed by atoms with van der Waals surface area (Å²) in [6.07, 6.45) is 9.18. The van der Waals surface area contributed by atoms with Crippen LogP contribution in [0.1, 0.15) is 94.4 Å². The molecule has 1 rings (SSSR count). The molecule has 0 bridgehead atoms. The third-order valence-electron chi connectivity index (χ3n) is 3.56. The van der Waals surface area contributed by atoms with Crippen LogP contribution in [0.25, 0.3) is 0 Å². The maximum absolute atomic E-state index is 3.81. The Bertz CT molecular complexity index is 289. The summed E-state index contributed by atoms with van der Waals surface area (Å²) in [6, 6.07) is 0. The van der Waals surface area contributed by atoms with Crippen molar-refractivity contribution >= 4 is 0 Å². The molecular formula is C22H44. The molecule has 22 heavy (non-hydrogen) atoms. The topological polar surface area (TPSA) is 0 Å². The van der Waals surface area contributed by atoms with Crippen LogP contribution >= 0.6 is 0 Å². The van der Waals surface area contributed by atoms with E-state index < -0.39 is 0 Å². The first-order valence-electron chi connectivity index (χ1n) is 9.19. The summed E-state index contributed by atoms with van der Waals surface area (Å²) >= 11 is 0. The van der Waals surface area contributed by atoms with E-state index in [0.29, 0.717) is 0 Å². The Morgan fingerprint density at radius 2 is 1.45 bits per heavy atom. The fraction of sp³-hybridized carbons (Fsp3) is 0.727. The van der Waals surface area contributed by atoms with Crippen molar-refractivity contribution < 1.29 is 0 Å². The SMILES string of the molecule is C=C(C)/C(C)=C\CC.C=C(C)C.CC.CCC1CCC(C)C1. The molecule has 0 nitrogen and oxygen atoms in total. The molecule has 1 aliphatic carbocycles. The Kier molecular flexibility index (Phi) is 21.7. The van der Waals surface area contributed by atoms with Crippen LogP contribution in [-0.2, 0) is 0 Å². The lowest BCUT2D eigenvalue weighted by molar-refractivity contribution is 0.501. The minimum atomic E-state index is 1.03. The molecule has 0 spiro atoms. The molecule has 0 aromatic rings. The summed E-state index contributed by atoms with van der Waals surface area (Å²) in [5.74, 6) is 2.10. The lowest BCUT2D eigenvalue weighted by Gasteiger charge is -2.02. The zero-order valence-corrected chi connectivity index (χ0v) is 17.2. The second-order valence-corrected chi connectivity index (χ2v) is 6.48. The minimum absolute atomic E-state index is 1.03. The first-order valence-corrected chi connectivity index (χ1v) is 9.19. The van der Waals surface area contributed by atoms with Gasteiger partial charge < -0.3 is 0 Å². The summed E-state index contributed by atoms with van der Waals surface area (Å²) in [6.45, 7) is 26.2. The Hall–Kier alpha value is -0.780. The van der Waals surface area contributed by atoms with E-state index in [2.05, 4.69) is 46.9 Å².